The maximum atomic E-state index is 2.44. The summed E-state index contributed by atoms with van der Waals surface area (Å²) in [5.41, 5.74) is 2.24. The van der Waals surface area contributed by atoms with Crippen molar-refractivity contribution >= 4 is 0 Å². The highest BCUT2D eigenvalue weighted by molar-refractivity contribution is 5.14. The summed E-state index contributed by atoms with van der Waals surface area (Å²) in [4.78, 5) is 0. The predicted molar refractivity (Wildman–Crippen MR) is 50.6 cm³/mol. The summed E-state index contributed by atoms with van der Waals surface area (Å²) in [6.07, 6.45) is 6.33. The fourth-order valence-electron chi connectivity index (χ4n) is 1.75. The van der Waals surface area contributed by atoms with Crippen LogP contribution in [0.3, 0.4) is 0 Å². The second-order valence-electron chi connectivity index (χ2n) is 4.41. The molecule has 1 aliphatic rings. The lowest BCUT2D eigenvalue weighted by Crippen LogP contribution is -2.19. The Hall–Kier alpha value is -0.260. The van der Waals surface area contributed by atoms with Crippen molar-refractivity contribution in [3.8, 4) is 0 Å². The molecule has 0 heteroatoms. The third-order valence-electron chi connectivity index (χ3n) is 3.34. The lowest BCUT2D eigenvalue weighted by atomic mass is 9.76. The lowest BCUT2D eigenvalue weighted by Gasteiger charge is -2.29. The third-order valence-corrected chi connectivity index (χ3v) is 3.34. The van der Waals surface area contributed by atoms with Crippen LogP contribution in [-0.2, 0) is 0 Å². The van der Waals surface area contributed by atoms with Gasteiger partial charge in [0.15, 0.2) is 0 Å². The Kier molecular flexibility index (Phi) is 2.41. The van der Waals surface area contributed by atoms with Crippen LogP contribution in [0.15, 0.2) is 11.6 Å². The average molecular weight is 152 g/mol. The van der Waals surface area contributed by atoms with Crippen LogP contribution in [0.25, 0.3) is 0 Å². The molecular formula is C11H20. The molecule has 0 aromatic heterocycles. The van der Waals surface area contributed by atoms with Crippen LogP contribution in [0.2, 0.25) is 0 Å². The molecule has 0 spiro atoms. The molecule has 1 rings (SSSR count). The van der Waals surface area contributed by atoms with E-state index in [9.17, 15) is 0 Å². The van der Waals surface area contributed by atoms with Crippen molar-refractivity contribution in [1.82, 2.24) is 0 Å². The minimum absolute atomic E-state index is 0.575. The van der Waals surface area contributed by atoms with Gasteiger partial charge in [-0.3, -0.25) is 0 Å². The Balaban J connectivity index is 2.57. The topological polar surface area (TPSA) is 0 Å². The molecule has 0 radical (unpaired) electrons. The van der Waals surface area contributed by atoms with Gasteiger partial charge in [-0.15, -0.1) is 0 Å². The molecular weight excluding hydrogens is 132 g/mol. The molecule has 0 fully saturated rings. The van der Waals surface area contributed by atoms with Gasteiger partial charge in [-0.05, 0) is 30.6 Å². The zero-order valence-electron chi connectivity index (χ0n) is 8.28. The maximum absolute atomic E-state index is 2.44. The molecule has 1 atom stereocenters. The van der Waals surface area contributed by atoms with Gasteiger partial charge in [0.25, 0.3) is 0 Å². The number of hydrogen-bond acceptors (Lipinski definition) is 0. The van der Waals surface area contributed by atoms with Gasteiger partial charge in [-0.1, -0.05) is 39.3 Å². The highest BCUT2D eigenvalue weighted by Gasteiger charge is 2.31. The fourth-order valence-corrected chi connectivity index (χ4v) is 1.75. The summed E-state index contributed by atoms with van der Waals surface area (Å²) in [7, 11) is 0. The van der Waals surface area contributed by atoms with E-state index in [1.165, 1.54) is 19.3 Å². The standard InChI is InChI=1S/C11H20/c1-5-10-6-7-11(4,8-10)9(2)3/h6,9H,5,7-8H2,1-4H3. The van der Waals surface area contributed by atoms with Gasteiger partial charge in [-0.25, -0.2) is 0 Å². The first-order valence-electron chi connectivity index (χ1n) is 4.76. The summed E-state index contributed by atoms with van der Waals surface area (Å²) < 4.78 is 0. The third kappa shape index (κ3) is 1.66. The first kappa shape index (κ1) is 8.83. The van der Waals surface area contributed by atoms with Crippen molar-refractivity contribution < 1.29 is 0 Å². The Morgan fingerprint density at radius 3 is 2.45 bits per heavy atom. The van der Waals surface area contributed by atoms with Crippen molar-refractivity contribution in [3.63, 3.8) is 0 Å². The van der Waals surface area contributed by atoms with E-state index in [1.807, 2.05) is 0 Å². The molecule has 64 valence electrons. The number of allylic oxidation sites excluding steroid dienone is 2. The largest absolute Gasteiger partial charge is 0.0848 e. The van der Waals surface area contributed by atoms with Gasteiger partial charge >= 0.3 is 0 Å². The van der Waals surface area contributed by atoms with Crippen LogP contribution in [0, 0.1) is 11.3 Å². The molecule has 0 aromatic rings. The highest BCUT2D eigenvalue weighted by atomic mass is 14.4. The van der Waals surface area contributed by atoms with E-state index in [-0.39, 0.29) is 0 Å². The molecule has 0 nitrogen and oxygen atoms in total. The summed E-state index contributed by atoms with van der Waals surface area (Å²) >= 11 is 0. The van der Waals surface area contributed by atoms with E-state index >= 15 is 0 Å². The van der Waals surface area contributed by atoms with Crippen molar-refractivity contribution in [2.45, 2.75) is 47.0 Å². The molecule has 0 N–H and O–H groups in total. The van der Waals surface area contributed by atoms with Crippen LogP contribution in [0.4, 0.5) is 0 Å². The predicted octanol–water partition coefficient (Wildman–Crippen LogP) is 3.78. The van der Waals surface area contributed by atoms with Crippen molar-refractivity contribution in [3.05, 3.63) is 11.6 Å². The second-order valence-corrected chi connectivity index (χ2v) is 4.41. The van der Waals surface area contributed by atoms with Gasteiger partial charge in [0.1, 0.15) is 0 Å². The van der Waals surface area contributed by atoms with Gasteiger partial charge in [0, 0.05) is 0 Å². The van der Waals surface area contributed by atoms with Crippen molar-refractivity contribution in [2.24, 2.45) is 11.3 Å². The van der Waals surface area contributed by atoms with Gasteiger partial charge in [0.05, 0.1) is 0 Å². The number of hydrogen-bond donors (Lipinski definition) is 0. The van der Waals surface area contributed by atoms with E-state index < -0.39 is 0 Å². The molecule has 0 amide bonds. The minimum atomic E-state index is 0.575. The van der Waals surface area contributed by atoms with Crippen LogP contribution in [0.1, 0.15) is 47.0 Å². The van der Waals surface area contributed by atoms with Crippen LogP contribution >= 0.6 is 0 Å². The van der Waals surface area contributed by atoms with E-state index in [1.54, 1.807) is 5.57 Å². The average Bonchev–Trinajstić information content (AvgIpc) is 2.33. The molecule has 0 aromatic carbocycles. The van der Waals surface area contributed by atoms with E-state index in [4.69, 9.17) is 0 Å². The van der Waals surface area contributed by atoms with Gasteiger partial charge in [0.2, 0.25) is 0 Å². The smallest absolute Gasteiger partial charge is 0.0231 e. The first-order valence-corrected chi connectivity index (χ1v) is 4.76. The molecule has 0 bridgehead atoms. The second kappa shape index (κ2) is 3.00. The molecule has 1 unspecified atom stereocenters. The van der Waals surface area contributed by atoms with E-state index in [2.05, 4.69) is 33.8 Å². The van der Waals surface area contributed by atoms with Crippen molar-refractivity contribution in [2.75, 3.05) is 0 Å². The Bertz CT molecular complexity index is 165. The Morgan fingerprint density at radius 1 is 1.55 bits per heavy atom. The van der Waals surface area contributed by atoms with E-state index in [0.717, 1.165) is 5.92 Å². The zero-order chi connectivity index (χ0) is 8.48. The zero-order valence-corrected chi connectivity index (χ0v) is 8.28. The lowest BCUT2D eigenvalue weighted by molar-refractivity contribution is 0.234. The molecule has 0 heterocycles. The van der Waals surface area contributed by atoms with Gasteiger partial charge < -0.3 is 0 Å². The monoisotopic (exact) mass is 152 g/mol. The summed E-state index contributed by atoms with van der Waals surface area (Å²) in [6, 6.07) is 0. The first-order chi connectivity index (χ1) is 5.08. The van der Waals surface area contributed by atoms with Crippen LogP contribution < -0.4 is 0 Å². The van der Waals surface area contributed by atoms with Crippen LogP contribution in [-0.4, -0.2) is 0 Å². The molecule has 0 aliphatic heterocycles. The molecule has 0 saturated carbocycles. The normalized spacial score (nSPS) is 31.2. The Morgan fingerprint density at radius 2 is 2.18 bits per heavy atom. The fraction of sp³-hybridized carbons (Fsp3) is 0.818. The molecule has 0 saturated heterocycles. The van der Waals surface area contributed by atoms with Crippen molar-refractivity contribution in [1.29, 1.82) is 0 Å². The quantitative estimate of drug-likeness (QED) is 0.528. The summed E-state index contributed by atoms with van der Waals surface area (Å²) in [5.74, 6) is 0.822. The SMILES string of the molecule is CCC1=CCC(C)(C(C)C)C1. The summed E-state index contributed by atoms with van der Waals surface area (Å²) in [6.45, 7) is 9.35. The maximum Gasteiger partial charge on any atom is -0.0231 e. The Labute approximate surface area is 70.7 Å². The summed E-state index contributed by atoms with van der Waals surface area (Å²) in [5, 5.41) is 0. The highest BCUT2D eigenvalue weighted by Crippen LogP contribution is 2.43. The minimum Gasteiger partial charge on any atom is -0.0848 e. The van der Waals surface area contributed by atoms with E-state index in [0.29, 0.717) is 5.41 Å². The van der Waals surface area contributed by atoms with Crippen LogP contribution in [0.5, 0.6) is 0 Å². The van der Waals surface area contributed by atoms with Gasteiger partial charge in [-0.2, -0.15) is 0 Å². The molecule has 1 aliphatic carbocycles. The number of rotatable bonds is 2. The molecule has 11 heavy (non-hydrogen) atoms.